The van der Waals surface area contributed by atoms with Gasteiger partial charge in [-0.25, -0.2) is 0 Å². The van der Waals surface area contributed by atoms with Crippen molar-refractivity contribution in [1.29, 1.82) is 0 Å². The molecule has 5 N–H and O–H groups in total. The Morgan fingerprint density at radius 3 is 2.00 bits per heavy atom. The maximum atomic E-state index is 11.6. The van der Waals surface area contributed by atoms with Gasteiger partial charge in [0.25, 0.3) is 5.91 Å². The third-order valence-corrected chi connectivity index (χ3v) is 4.48. The van der Waals surface area contributed by atoms with Gasteiger partial charge in [0.15, 0.2) is 6.54 Å². The molecule has 23 heavy (non-hydrogen) atoms. The van der Waals surface area contributed by atoms with Crippen LogP contribution in [0.3, 0.4) is 0 Å². The molecule has 3 rings (SSSR count). The summed E-state index contributed by atoms with van der Waals surface area (Å²) in [5, 5.41) is 0. The summed E-state index contributed by atoms with van der Waals surface area (Å²) in [5.74, 6) is -0.239. The predicted molar refractivity (Wildman–Crippen MR) is 95.7 cm³/mol. The van der Waals surface area contributed by atoms with Crippen molar-refractivity contribution in [2.75, 3.05) is 37.6 Å². The highest BCUT2D eigenvalue weighted by Gasteiger charge is 2.36. The zero-order valence-corrected chi connectivity index (χ0v) is 13.4. The number of carbonyl (C=O) groups excluding carboxylic acids is 1. The highest BCUT2D eigenvalue weighted by Crippen LogP contribution is 2.27. The van der Waals surface area contributed by atoms with Gasteiger partial charge in [-0.1, -0.05) is 36.4 Å². The molecule has 5 nitrogen and oxygen atoms in total. The fourth-order valence-electron chi connectivity index (χ4n) is 3.30. The van der Waals surface area contributed by atoms with Crippen molar-refractivity contribution in [2.45, 2.75) is 0 Å². The van der Waals surface area contributed by atoms with Crippen molar-refractivity contribution < 1.29 is 4.79 Å². The third kappa shape index (κ3) is 3.70. The molecule has 5 heteroatoms. The zero-order chi connectivity index (χ0) is 15.4. The summed E-state index contributed by atoms with van der Waals surface area (Å²) in [5.41, 5.74) is 7.94. The minimum atomic E-state index is -0.239. The second-order valence-electron chi connectivity index (χ2n) is 5.87. The first-order chi connectivity index (χ1) is 10.7. The van der Waals surface area contributed by atoms with Crippen LogP contribution in [-0.2, 0) is 4.79 Å². The van der Waals surface area contributed by atoms with Crippen LogP contribution in [0.15, 0.2) is 60.7 Å². The minimum absolute atomic E-state index is 0. The Kier molecular flexibility index (Phi) is 5.36. The molecule has 1 saturated heterocycles. The monoisotopic (exact) mass is 313 g/mol. The van der Waals surface area contributed by atoms with Gasteiger partial charge in [-0.15, -0.1) is 0 Å². The van der Waals surface area contributed by atoms with E-state index in [4.69, 9.17) is 5.73 Å². The number of piperazine rings is 1. The molecule has 1 aliphatic rings. The lowest BCUT2D eigenvalue weighted by Crippen LogP contribution is -2.63. The standard InChI is InChI=1S/C18H21N3O.H3N/c19-18(22)15-21(17-9-5-2-6-10-17)13-11-20(12-14-21)16-7-3-1-4-8-16;/h1-10H,11-15H2,(H-,19,22);1H3/p+1. The molecule has 0 unspecified atom stereocenters. The summed E-state index contributed by atoms with van der Waals surface area (Å²) in [6, 6.07) is 20.7. The number of nitrogens with two attached hydrogens (primary N) is 1. The van der Waals surface area contributed by atoms with Gasteiger partial charge in [0.2, 0.25) is 0 Å². The second kappa shape index (κ2) is 7.26. The lowest BCUT2D eigenvalue weighted by atomic mass is 10.1. The Balaban J connectivity index is 0.00000192. The number of nitrogens with zero attached hydrogens (tertiary/aromatic N) is 2. The average molecular weight is 313 g/mol. The van der Waals surface area contributed by atoms with Crippen LogP contribution in [0, 0.1) is 0 Å². The molecule has 0 spiro atoms. The van der Waals surface area contributed by atoms with Crippen molar-refractivity contribution in [2.24, 2.45) is 5.73 Å². The van der Waals surface area contributed by atoms with Gasteiger partial charge in [0.1, 0.15) is 18.8 Å². The minimum Gasteiger partial charge on any atom is -0.365 e. The summed E-state index contributed by atoms with van der Waals surface area (Å²) in [6.45, 7) is 3.99. The Hall–Kier alpha value is -2.37. The summed E-state index contributed by atoms with van der Waals surface area (Å²) >= 11 is 0. The fourth-order valence-corrected chi connectivity index (χ4v) is 3.30. The van der Waals surface area contributed by atoms with Crippen molar-refractivity contribution in [3.63, 3.8) is 0 Å². The Morgan fingerprint density at radius 1 is 0.957 bits per heavy atom. The topological polar surface area (TPSA) is 81.3 Å². The summed E-state index contributed by atoms with van der Waals surface area (Å²) in [4.78, 5) is 14.0. The molecule has 2 aromatic rings. The first-order valence-corrected chi connectivity index (χ1v) is 7.70. The zero-order valence-electron chi connectivity index (χ0n) is 13.4. The number of quaternary nitrogens is 1. The van der Waals surface area contributed by atoms with Crippen LogP contribution in [0.25, 0.3) is 0 Å². The fraction of sp³-hybridized carbons (Fsp3) is 0.278. The van der Waals surface area contributed by atoms with Crippen LogP contribution in [0.1, 0.15) is 0 Å². The van der Waals surface area contributed by atoms with Crippen LogP contribution >= 0.6 is 0 Å². The highest BCUT2D eigenvalue weighted by molar-refractivity contribution is 5.78. The van der Waals surface area contributed by atoms with Crippen molar-refractivity contribution in [3.05, 3.63) is 60.7 Å². The van der Waals surface area contributed by atoms with Gasteiger partial charge in [-0.2, -0.15) is 0 Å². The summed E-state index contributed by atoms with van der Waals surface area (Å²) < 4.78 is 0.652. The number of para-hydroxylation sites is 2. The molecule has 1 heterocycles. The normalized spacial score (nSPS) is 16.4. The molecule has 0 bridgehead atoms. The van der Waals surface area contributed by atoms with Gasteiger partial charge in [0, 0.05) is 5.69 Å². The first kappa shape index (κ1) is 17.0. The number of hydrogen-bond donors (Lipinski definition) is 2. The van der Waals surface area contributed by atoms with Gasteiger partial charge in [-0.3, -0.25) is 9.28 Å². The number of rotatable bonds is 4. The largest absolute Gasteiger partial charge is 0.365 e. The van der Waals surface area contributed by atoms with Crippen LogP contribution < -0.4 is 21.3 Å². The van der Waals surface area contributed by atoms with E-state index < -0.39 is 0 Å². The molecule has 0 aliphatic carbocycles. The second-order valence-corrected chi connectivity index (χ2v) is 5.87. The van der Waals surface area contributed by atoms with Crippen LogP contribution in [0.2, 0.25) is 0 Å². The lowest BCUT2D eigenvalue weighted by molar-refractivity contribution is -0.119. The lowest BCUT2D eigenvalue weighted by Gasteiger charge is -2.44. The van der Waals surface area contributed by atoms with E-state index in [1.807, 2.05) is 24.3 Å². The van der Waals surface area contributed by atoms with Crippen molar-refractivity contribution in [1.82, 2.24) is 10.6 Å². The van der Waals surface area contributed by atoms with E-state index in [0.717, 1.165) is 26.2 Å². The molecule has 1 amide bonds. The van der Waals surface area contributed by atoms with E-state index in [1.54, 1.807) is 0 Å². The number of anilines is 1. The molecule has 0 aromatic heterocycles. The van der Waals surface area contributed by atoms with E-state index >= 15 is 0 Å². The van der Waals surface area contributed by atoms with E-state index in [0.29, 0.717) is 11.0 Å². The number of primary amides is 1. The van der Waals surface area contributed by atoms with E-state index in [-0.39, 0.29) is 12.1 Å². The number of hydrogen-bond acceptors (Lipinski definition) is 3. The maximum Gasteiger partial charge on any atom is 0.273 e. The SMILES string of the molecule is N.NC(=O)C[N+]1(c2ccccc2)CCN(c2ccccc2)CC1. The smallest absolute Gasteiger partial charge is 0.273 e. The molecule has 1 fully saturated rings. The Labute approximate surface area is 137 Å². The van der Waals surface area contributed by atoms with Crippen molar-refractivity contribution >= 4 is 17.3 Å². The van der Waals surface area contributed by atoms with Crippen LogP contribution in [0.4, 0.5) is 11.4 Å². The van der Waals surface area contributed by atoms with E-state index in [9.17, 15) is 4.79 Å². The molecule has 122 valence electrons. The maximum absolute atomic E-state index is 11.6. The first-order valence-electron chi connectivity index (χ1n) is 7.70. The molecule has 0 atom stereocenters. The number of amides is 1. The van der Waals surface area contributed by atoms with E-state index in [2.05, 4.69) is 41.3 Å². The molecule has 2 aromatic carbocycles. The van der Waals surface area contributed by atoms with E-state index in [1.165, 1.54) is 11.4 Å². The van der Waals surface area contributed by atoms with Gasteiger partial charge < -0.3 is 16.8 Å². The third-order valence-electron chi connectivity index (χ3n) is 4.48. The molecule has 1 aliphatic heterocycles. The Bertz CT molecular complexity index is 622. The number of carbonyl (C=O) groups is 1. The molecular formula is C18H25N4O+. The highest BCUT2D eigenvalue weighted by atomic mass is 16.1. The van der Waals surface area contributed by atoms with Crippen LogP contribution in [-0.4, -0.2) is 38.6 Å². The predicted octanol–water partition coefficient (Wildman–Crippen LogP) is 2.16. The summed E-state index contributed by atoms with van der Waals surface area (Å²) in [6.07, 6.45) is 0. The van der Waals surface area contributed by atoms with Crippen LogP contribution in [0.5, 0.6) is 0 Å². The quantitative estimate of drug-likeness (QED) is 0.849. The van der Waals surface area contributed by atoms with Gasteiger partial charge >= 0.3 is 0 Å². The van der Waals surface area contributed by atoms with Crippen molar-refractivity contribution in [3.8, 4) is 0 Å². The Morgan fingerprint density at radius 2 is 1.48 bits per heavy atom. The number of benzene rings is 2. The molecule has 0 radical (unpaired) electrons. The van der Waals surface area contributed by atoms with Gasteiger partial charge in [0.05, 0.1) is 13.1 Å². The average Bonchev–Trinajstić information content (AvgIpc) is 2.56. The molecule has 0 saturated carbocycles. The molecular weight excluding hydrogens is 288 g/mol. The van der Waals surface area contributed by atoms with Gasteiger partial charge in [-0.05, 0) is 24.3 Å². The summed E-state index contributed by atoms with van der Waals surface area (Å²) in [7, 11) is 0.